The number of aliphatic hydroxyl groups excluding tert-OH is 3. The largest absolute Gasteiger partial charge is 0.495 e. The van der Waals surface area contributed by atoms with Crippen LogP contribution in [0.2, 0.25) is 5.02 Å². The number of hydrogen-bond donors (Lipinski definition) is 13. The first kappa shape index (κ1) is 106. The molecule has 9 amide bonds. The van der Waals surface area contributed by atoms with E-state index in [0.29, 0.717) is 61.5 Å². The number of ketones is 1. The van der Waals surface area contributed by atoms with Crippen LogP contribution in [-0.2, 0) is 92.6 Å². The monoisotopic (exact) mass is 1940 g/mol. The van der Waals surface area contributed by atoms with Gasteiger partial charge >= 0.3 is 12.1 Å². The molecule has 33 nitrogen and oxygen atoms in total. The van der Waals surface area contributed by atoms with Crippen molar-refractivity contribution in [3.8, 4) is 5.75 Å². The summed E-state index contributed by atoms with van der Waals surface area (Å²) >= 11 is 6.90. The number of carbonyl (C=O) groups excluding carboxylic acids is 11. The molecule has 18 atom stereocenters. The Morgan fingerprint density at radius 3 is 2.16 bits per heavy atom. The van der Waals surface area contributed by atoms with Crippen LogP contribution in [0.3, 0.4) is 0 Å². The fraction of sp³-hybridized carbons (Fsp3) is 0.568. The van der Waals surface area contributed by atoms with Crippen LogP contribution < -0.4 is 57.9 Å². The van der Waals surface area contributed by atoms with Crippen LogP contribution in [0.5, 0.6) is 5.75 Å². The number of aliphatic hydroxyl groups is 4. The number of alkyl carbamates (subject to hydrolysis) is 1. The molecule has 0 spiro atoms. The molecule has 14 N–H and O–H groups in total. The van der Waals surface area contributed by atoms with Crippen LogP contribution in [0.25, 0.3) is 5.57 Å². The number of halogens is 1. The fourth-order valence-electron chi connectivity index (χ4n) is 17.0. The van der Waals surface area contributed by atoms with E-state index in [1.807, 2.05) is 104 Å². The van der Waals surface area contributed by atoms with E-state index in [1.165, 1.54) is 44.9 Å². The Morgan fingerprint density at radius 2 is 1.47 bits per heavy atom. The van der Waals surface area contributed by atoms with E-state index in [-0.39, 0.29) is 73.9 Å². The molecule has 0 unspecified atom stereocenters. The zero-order valence-corrected chi connectivity index (χ0v) is 81.4. The minimum Gasteiger partial charge on any atom is -0.495 e. The van der Waals surface area contributed by atoms with Gasteiger partial charge in [-0.1, -0.05) is 177 Å². The third kappa shape index (κ3) is 30.4. The van der Waals surface area contributed by atoms with Crippen LogP contribution >= 0.6 is 54.8 Å². The highest BCUT2D eigenvalue weighted by atomic mass is 35.5. The molecule has 4 fully saturated rings. The van der Waals surface area contributed by atoms with Gasteiger partial charge in [-0.2, -0.15) is 0 Å². The SMILES string of the molecule is COc1cc2cc(c1Cl)N(C)C(=O)C[C@H](OC(=O)[C@H](C)N(C)C(=O)CCSSCCCN1CCN(CCN[C@H](Cc3ccccc3)C(=O)N[C@H]3CSSC[C@@H](C(=O)N[C@H](CO)[C@@H](C)O)NC(=O)[C@H]([C@@H](C)O)NC(=O)[C@H](CCCCN)NC(=O)[C@@H](CC4=CCc5ccccc54)NC(=O)[C@H](Cc4ccccc4)CC3=O)CC1)[C@]1(C)O[C@H]1[C@H](C)[C@@H]1C[C@@](O)(NC(=O)O1)[C@H](OC)/C=C/C=C(\C)C2. The lowest BCUT2D eigenvalue weighted by Gasteiger charge is -2.42. The summed E-state index contributed by atoms with van der Waals surface area (Å²) in [4.78, 5) is 168. The lowest BCUT2D eigenvalue weighted by atomic mass is 9.83. The quantitative estimate of drug-likeness (QED) is 0.0118. The van der Waals surface area contributed by atoms with Crippen molar-refractivity contribution in [2.24, 2.45) is 17.6 Å². The lowest BCUT2D eigenvalue weighted by molar-refractivity contribution is -0.162. The Bertz CT molecular complexity index is 4730. The number of piperazine rings is 1. The molecule has 10 rings (SSSR count). The standard InChI is InChI=1S/C95H132ClN13O20S4/c1-57-23-21-31-79(126-10)95(124)53-78(127-93(123)105-95)58(2)85-94(6,129-85)80(52-82(115)107(8)75-48-64(45-57)49-77(125-9)83(75)96)128-92(122)59(3)106(7)81(114)34-44-131-130-43-22-37-108-39-41-109(42-40-108)38-36-98-70(47-63-26-15-12-16-27-63)88(118)102-73-55-132-133-56-74(90(120)101-72(54-110)60(4)111)103-91(121)84(61(5)112)104-87(117)69(30-19-20-35-97)99-89(119)71(50-66-33-32-65-28-17-18-29-68(65)66)100-86(116)67(51-76(73)113)46-62-24-13-11-14-25-62/h11-18,21,23-29,31,33,48-49,58-61,67,69-74,78-80,84-85,98,110-112,124H,19-20,22,30,32,34-47,50-56,97H2,1-10H3,(H,99,119)(H,100,116)(H,101,120)(H,102,118)(H,103,121)(H,104,117)(H,105,123)/b31-21+,57-23+/t58-,59+,60-,61-,67-,69+,70-,71-,72-,73+,74+,78+,79-,80+,84+,85+,94+,95+/m1/s1. The van der Waals surface area contributed by atoms with Crippen LogP contribution in [0.1, 0.15) is 127 Å². The second kappa shape index (κ2) is 51.5. The van der Waals surface area contributed by atoms with Gasteiger partial charge in [-0.3, -0.25) is 53.4 Å². The number of unbranched alkanes of at least 4 members (excludes halogenated alkanes) is 1. The van der Waals surface area contributed by atoms with Gasteiger partial charge in [0, 0.05) is 121 Å². The molecule has 728 valence electrons. The number of amides is 9. The van der Waals surface area contributed by atoms with Crippen molar-refractivity contribution in [3.05, 3.63) is 160 Å². The number of methoxy groups -OCH3 is 2. The number of nitrogens with one attached hydrogen (secondary N) is 8. The van der Waals surface area contributed by atoms with Crippen LogP contribution in [0, 0.1) is 11.8 Å². The molecule has 38 heteroatoms. The second-order valence-electron chi connectivity index (χ2n) is 35.2. The summed E-state index contributed by atoms with van der Waals surface area (Å²) in [6.07, 6.45) is 1.77. The molecule has 4 aromatic carbocycles. The summed E-state index contributed by atoms with van der Waals surface area (Å²) in [6.45, 7) is 14.1. The number of nitrogens with zero attached hydrogens (tertiary/aromatic N) is 4. The molecule has 4 bridgehead atoms. The highest BCUT2D eigenvalue weighted by Gasteiger charge is 2.65. The molecule has 1 aliphatic carbocycles. The van der Waals surface area contributed by atoms with Gasteiger partial charge in [0.05, 0.1) is 62.3 Å². The zero-order chi connectivity index (χ0) is 96.2. The van der Waals surface area contributed by atoms with Crippen molar-refractivity contribution in [2.45, 2.75) is 221 Å². The minimum absolute atomic E-state index is 0.0253. The van der Waals surface area contributed by atoms with E-state index in [2.05, 4.69) is 52.3 Å². The summed E-state index contributed by atoms with van der Waals surface area (Å²) in [7, 11) is 11.4. The molecule has 4 aromatic rings. The van der Waals surface area contributed by atoms with Crippen LogP contribution in [-0.4, -0.2) is 307 Å². The maximum absolute atomic E-state index is 15.5. The number of epoxide rings is 1. The smallest absolute Gasteiger partial charge is 0.409 e. The van der Waals surface area contributed by atoms with Crippen molar-refractivity contribution < 1.29 is 96.9 Å². The van der Waals surface area contributed by atoms with Gasteiger partial charge in [-0.15, -0.1) is 0 Å². The van der Waals surface area contributed by atoms with Crippen LogP contribution in [0.4, 0.5) is 10.5 Å². The van der Waals surface area contributed by atoms with Crippen molar-refractivity contribution in [2.75, 3.05) is 115 Å². The van der Waals surface area contributed by atoms with Crippen molar-refractivity contribution in [3.63, 3.8) is 0 Å². The highest BCUT2D eigenvalue weighted by Crippen LogP contribution is 2.50. The normalized spacial score (nSPS) is 26.9. The molecular weight excluding hydrogens is 1810 g/mol. The Hall–Kier alpha value is -8.64. The average molecular weight is 1940 g/mol. The molecule has 0 saturated carbocycles. The van der Waals surface area contributed by atoms with E-state index in [1.54, 1.807) is 73.7 Å². The molecule has 0 aromatic heterocycles. The summed E-state index contributed by atoms with van der Waals surface area (Å²) in [5, 5.41) is 66.8. The number of rotatable bonds is 34. The zero-order valence-electron chi connectivity index (χ0n) is 77.4. The van der Waals surface area contributed by atoms with E-state index in [9.17, 15) is 54.0 Å². The minimum atomic E-state index is -1.90. The molecule has 5 aliphatic heterocycles. The number of allylic oxidation sites excluding steroid dienone is 4. The number of likely N-dealkylation sites (N-methyl/N-ethyl adjacent to an activating group) is 1. The summed E-state index contributed by atoms with van der Waals surface area (Å²) in [6, 6.07) is 19.5. The Kier molecular flexibility index (Phi) is 41.2. The third-order valence-corrected chi connectivity index (χ3v) is 30.7. The maximum atomic E-state index is 15.5. The Morgan fingerprint density at radius 1 is 0.805 bits per heavy atom. The molecule has 5 heterocycles. The average Bonchev–Trinajstić information content (AvgIpc) is 1.57. The first-order valence-corrected chi connectivity index (χ1v) is 50.9. The lowest BCUT2D eigenvalue weighted by Crippen LogP contribution is -2.63. The Balaban J connectivity index is 0.756. The predicted molar refractivity (Wildman–Crippen MR) is 516 cm³/mol. The number of hydrogen-bond acceptors (Lipinski definition) is 28. The number of fused-ring (bicyclic) bond motifs is 6. The molecule has 4 saturated heterocycles. The number of esters is 1. The number of anilines is 1. The molecule has 0 radical (unpaired) electrons. The van der Waals surface area contributed by atoms with Crippen LogP contribution in [0.15, 0.2) is 127 Å². The maximum Gasteiger partial charge on any atom is 0.409 e. The Labute approximate surface area is 799 Å². The van der Waals surface area contributed by atoms with E-state index in [4.69, 9.17) is 41.0 Å². The number of benzene rings is 4. The number of Topliss-reactive ketones (excluding diaryl/α,β-unsaturated/α-hetero) is 1. The van der Waals surface area contributed by atoms with Gasteiger partial charge in [0.1, 0.15) is 64.9 Å². The highest BCUT2D eigenvalue weighted by molar-refractivity contribution is 8.77. The molecule has 133 heavy (non-hydrogen) atoms. The van der Waals surface area contributed by atoms with Crippen molar-refractivity contribution in [1.29, 1.82) is 0 Å². The third-order valence-electron chi connectivity index (χ3n) is 25.4. The molecular formula is C95H132ClN13O20S4. The van der Waals surface area contributed by atoms with Gasteiger partial charge in [-0.25, -0.2) is 9.59 Å². The number of carbonyl (C=O) groups is 11. The predicted octanol–water partition coefficient (Wildman–Crippen LogP) is 5.53. The van der Waals surface area contributed by atoms with Crippen molar-refractivity contribution >= 4 is 131 Å². The van der Waals surface area contributed by atoms with E-state index < -0.39 is 180 Å². The summed E-state index contributed by atoms with van der Waals surface area (Å²) in [5.41, 5.74) is 8.89. The summed E-state index contributed by atoms with van der Waals surface area (Å²) < 4.78 is 29.8. The topological polar surface area (TPSA) is 453 Å². The van der Waals surface area contributed by atoms with Gasteiger partial charge in [0.25, 0.3) is 0 Å². The second-order valence-corrected chi connectivity index (χ2v) is 40.9. The van der Waals surface area contributed by atoms with E-state index >= 15 is 19.2 Å². The number of ether oxygens (including phenoxy) is 5. The summed E-state index contributed by atoms with van der Waals surface area (Å²) in [5.74, 6) is -7.11. The van der Waals surface area contributed by atoms with E-state index in [0.717, 1.165) is 99.9 Å². The van der Waals surface area contributed by atoms with Crippen molar-refractivity contribution in [1.82, 2.24) is 57.2 Å². The van der Waals surface area contributed by atoms with Gasteiger partial charge in [-0.05, 0) is 145 Å². The molecule has 6 aliphatic rings. The number of nitrogens with two attached hydrogens (primary N) is 1. The fourth-order valence-corrected chi connectivity index (χ4v) is 21.7. The van der Waals surface area contributed by atoms with Gasteiger partial charge < -0.3 is 102 Å². The first-order chi connectivity index (χ1) is 63.6. The first-order valence-electron chi connectivity index (χ1n) is 45.5. The van der Waals surface area contributed by atoms with Gasteiger partial charge in [0.15, 0.2) is 11.5 Å². The van der Waals surface area contributed by atoms with Gasteiger partial charge in [0.2, 0.25) is 47.3 Å².